The molecular formula is C23H24N3O4S2-. The highest BCUT2D eigenvalue weighted by atomic mass is 32.2. The molecule has 0 unspecified atom stereocenters. The first-order valence-electron chi connectivity index (χ1n) is 10.8. The molecule has 9 heteroatoms. The quantitative estimate of drug-likeness (QED) is 0.277. The molecule has 0 bridgehead atoms. The fraction of sp³-hybridized carbons (Fsp3) is 0.391. The van der Waals surface area contributed by atoms with Crippen molar-refractivity contribution in [3.63, 3.8) is 0 Å². The van der Waals surface area contributed by atoms with Crippen LogP contribution in [-0.4, -0.2) is 33.7 Å². The van der Waals surface area contributed by atoms with Crippen LogP contribution >= 0.6 is 23.1 Å². The molecule has 1 aliphatic rings. The lowest BCUT2D eigenvalue weighted by molar-refractivity contribution is -0.305. The van der Waals surface area contributed by atoms with Gasteiger partial charge in [-0.2, -0.15) is 0 Å². The maximum Gasteiger partial charge on any atom is 0.267 e. The first kappa shape index (κ1) is 22.5. The van der Waals surface area contributed by atoms with E-state index < -0.39 is 5.97 Å². The van der Waals surface area contributed by atoms with E-state index >= 15 is 0 Å². The van der Waals surface area contributed by atoms with Crippen LogP contribution < -0.4 is 16.0 Å². The van der Waals surface area contributed by atoms with Gasteiger partial charge in [-0.1, -0.05) is 36.4 Å². The Kier molecular flexibility index (Phi) is 7.26. The number of thioether (sulfide) groups is 1. The summed E-state index contributed by atoms with van der Waals surface area (Å²) in [6.45, 7) is 0.488. The maximum absolute atomic E-state index is 13.5. The molecule has 0 radical (unpaired) electrons. The Bertz CT molecular complexity index is 1190. The number of unbranched alkanes of at least 4 members (excludes halogenated alkanes) is 2. The number of amides is 1. The summed E-state index contributed by atoms with van der Waals surface area (Å²) in [6, 6.07) is 9.41. The minimum atomic E-state index is -1.05. The number of hydrogen-bond acceptors (Lipinski definition) is 7. The normalized spacial score (nSPS) is 12.8. The molecule has 2 heterocycles. The van der Waals surface area contributed by atoms with Gasteiger partial charge < -0.3 is 15.2 Å². The van der Waals surface area contributed by atoms with Gasteiger partial charge in [-0.15, -0.1) is 11.3 Å². The number of thiophene rings is 1. The molecular weight excluding hydrogens is 446 g/mol. The number of aromatic nitrogens is 2. The Labute approximate surface area is 193 Å². The van der Waals surface area contributed by atoms with Crippen molar-refractivity contribution in [3.8, 4) is 5.69 Å². The third-order valence-electron chi connectivity index (χ3n) is 5.43. The van der Waals surface area contributed by atoms with Gasteiger partial charge in [0.2, 0.25) is 5.91 Å². The molecule has 1 amide bonds. The molecule has 0 aliphatic heterocycles. The van der Waals surface area contributed by atoms with Gasteiger partial charge in [-0.05, 0) is 56.2 Å². The third kappa shape index (κ3) is 5.05. The van der Waals surface area contributed by atoms with E-state index in [4.69, 9.17) is 4.98 Å². The highest BCUT2D eigenvalue weighted by Crippen LogP contribution is 2.36. The van der Waals surface area contributed by atoms with Crippen molar-refractivity contribution in [2.45, 2.75) is 50.1 Å². The van der Waals surface area contributed by atoms with E-state index in [9.17, 15) is 19.5 Å². The monoisotopic (exact) mass is 470 g/mol. The second-order valence-electron chi connectivity index (χ2n) is 7.73. The molecule has 0 saturated heterocycles. The predicted octanol–water partition coefficient (Wildman–Crippen LogP) is 2.45. The zero-order valence-corrected chi connectivity index (χ0v) is 19.2. The van der Waals surface area contributed by atoms with E-state index in [-0.39, 0.29) is 23.6 Å². The van der Waals surface area contributed by atoms with Gasteiger partial charge >= 0.3 is 0 Å². The van der Waals surface area contributed by atoms with Crippen LogP contribution in [0.25, 0.3) is 15.9 Å². The van der Waals surface area contributed by atoms with Crippen LogP contribution in [0.3, 0.4) is 0 Å². The summed E-state index contributed by atoms with van der Waals surface area (Å²) in [4.78, 5) is 43.0. The van der Waals surface area contributed by atoms with E-state index in [1.165, 1.54) is 16.6 Å². The highest BCUT2D eigenvalue weighted by Gasteiger charge is 2.24. The largest absolute Gasteiger partial charge is 0.550 e. The summed E-state index contributed by atoms with van der Waals surface area (Å²) in [5.41, 5.74) is 1.80. The molecule has 1 N–H and O–H groups in total. The van der Waals surface area contributed by atoms with Crippen LogP contribution in [0.15, 0.2) is 40.3 Å². The number of aliphatic carboxylic acids is 1. The van der Waals surface area contributed by atoms with Crippen molar-refractivity contribution in [2.75, 3.05) is 12.3 Å². The fourth-order valence-electron chi connectivity index (χ4n) is 3.91. The Morgan fingerprint density at radius 3 is 2.75 bits per heavy atom. The first-order chi connectivity index (χ1) is 15.5. The van der Waals surface area contributed by atoms with E-state index in [1.54, 1.807) is 15.9 Å². The lowest BCUT2D eigenvalue weighted by atomic mass is 10.2. The molecule has 2 aromatic heterocycles. The standard InChI is InChI=1S/C23H25N3O4S2/c27-18(24-13-6-2-5-12-19(28)29)14-31-23-25-21-20(16-10-7-11-17(16)32-21)22(30)26(23)15-8-3-1-4-9-15/h1,3-4,8-9H,2,5-7,10-14H2,(H,24,27)(H,28,29)/p-1. The average molecular weight is 471 g/mol. The van der Waals surface area contributed by atoms with Crippen LogP contribution in [-0.2, 0) is 22.4 Å². The number of carboxylic acid groups (broad SMARTS) is 1. The number of nitrogens with zero attached hydrogens (tertiary/aromatic N) is 2. The second-order valence-corrected chi connectivity index (χ2v) is 9.76. The number of aryl methyl sites for hydroxylation is 2. The Hall–Kier alpha value is -2.65. The second kappa shape index (κ2) is 10.3. The maximum atomic E-state index is 13.5. The summed E-state index contributed by atoms with van der Waals surface area (Å²) in [5.74, 6) is -1.04. The van der Waals surface area contributed by atoms with Crippen LogP contribution in [0.4, 0.5) is 0 Å². The molecule has 0 fully saturated rings. The topological polar surface area (TPSA) is 104 Å². The van der Waals surface area contributed by atoms with Gasteiger partial charge in [0.25, 0.3) is 5.56 Å². The van der Waals surface area contributed by atoms with Crippen LogP contribution in [0.5, 0.6) is 0 Å². The molecule has 4 rings (SSSR count). The molecule has 7 nitrogen and oxygen atoms in total. The number of nitrogens with one attached hydrogen (secondary N) is 1. The molecule has 168 valence electrons. The smallest absolute Gasteiger partial charge is 0.267 e. The van der Waals surface area contributed by atoms with E-state index in [0.29, 0.717) is 24.5 Å². The average Bonchev–Trinajstić information content (AvgIpc) is 3.36. The Morgan fingerprint density at radius 1 is 1.16 bits per heavy atom. The molecule has 0 saturated carbocycles. The molecule has 0 spiro atoms. The molecule has 32 heavy (non-hydrogen) atoms. The van der Waals surface area contributed by atoms with Crippen molar-refractivity contribution in [1.29, 1.82) is 0 Å². The number of carbonyl (C=O) groups excluding carboxylic acids is 2. The summed E-state index contributed by atoms with van der Waals surface area (Å²) in [6.07, 6.45) is 5.01. The summed E-state index contributed by atoms with van der Waals surface area (Å²) < 4.78 is 1.62. The van der Waals surface area contributed by atoms with E-state index in [2.05, 4.69) is 5.32 Å². The fourth-order valence-corrected chi connectivity index (χ4v) is 6.05. The van der Waals surface area contributed by atoms with Crippen LogP contribution in [0, 0.1) is 0 Å². The summed E-state index contributed by atoms with van der Waals surface area (Å²) in [7, 11) is 0. The van der Waals surface area contributed by atoms with Crippen molar-refractivity contribution in [2.24, 2.45) is 0 Å². The summed E-state index contributed by atoms with van der Waals surface area (Å²) >= 11 is 2.84. The zero-order valence-electron chi connectivity index (χ0n) is 17.6. The van der Waals surface area contributed by atoms with Gasteiger partial charge in [-0.3, -0.25) is 14.2 Å². The van der Waals surface area contributed by atoms with Crippen molar-refractivity contribution in [3.05, 3.63) is 51.1 Å². The van der Waals surface area contributed by atoms with Gasteiger partial charge in [-0.25, -0.2) is 4.98 Å². The minimum Gasteiger partial charge on any atom is -0.550 e. The third-order valence-corrected chi connectivity index (χ3v) is 7.56. The zero-order chi connectivity index (χ0) is 22.5. The van der Waals surface area contributed by atoms with Gasteiger partial charge in [0.1, 0.15) is 4.83 Å². The molecule has 0 atom stereocenters. The Morgan fingerprint density at radius 2 is 1.97 bits per heavy atom. The number of carboxylic acids is 1. The Balaban J connectivity index is 1.49. The van der Waals surface area contributed by atoms with Gasteiger partial charge in [0, 0.05) is 17.4 Å². The predicted molar refractivity (Wildman–Crippen MR) is 124 cm³/mol. The van der Waals surface area contributed by atoms with Crippen LogP contribution in [0.1, 0.15) is 42.5 Å². The van der Waals surface area contributed by atoms with Crippen molar-refractivity contribution < 1.29 is 14.7 Å². The lowest BCUT2D eigenvalue weighted by Gasteiger charge is -2.12. The first-order valence-corrected chi connectivity index (χ1v) is 12.6. The molecule has 1 aromatic carbocycles. The number of para-hydroxylation sites is 1. The number of fused-ring (bicyclic) bond motifs is 3. The SMILES string of the molecule is O=C([O-])CCCCCNC(=O)CSc1nc2sc3c(c2c(=O)n1-c1ccccc1)CCC3. The van der Waals surface area contributed by atoms with Gasteiger partial charge in [0.15, 0.2) is 5.16 Å². The van der Waals surface area contributed by atoms with Gasteiger partial charge in [0.05, 0.1) is 16.8 Å². The number of hydrogen-bond donors (Lipinski definition) is 1. The number of benzene rings is 1. The van der Waals surface area contributed by atoms with Crippen molar-refractivity contribution in [1.82, 2.24) is 14.9 Å². The summed E-state index contributed by atoms with van der Waals surface area (Å²) in [5, 5.41) is 14.5. The number of rotatable bonds is 10. The van der Waals surface area contributed by atoms with Crippen molar-refractivity contribution >= 4 is 45.2 Å². The molecule has 3 aromatic rings. The van der Waals surface area contributed by atoms with E-state index in [1.807, 2.05) is 30.3 Å². The number of carbonyl (C=O) groups is 2. The van der Waals surface area contributed by atoms with E-state index in [0.717, 1.165) is 47.2 Å². The highest BCUT2D eigenvalue weighted by molar-refractivity contribution is 7.99. The molecule has 1 aliphatic carbocycles. The minimum absolute atomic E-state index is 0.0428. The lowest BCUT2D eigenvalue weighted by Crippen LogP contribution is -2.27. The van der Waals surface area contributed by atoms with Crippen LogP contribution in [0.2, 0.25) is 0 Å².